The van der Waals surface area contributed by atoms with Gasteiger partial charge in [0.25, 0.3) is 0 Å². The number of hydrogen-bond acceptors (Lipinski definition) is 3. The molecule has 1 aromatic rings. The second-order valence-electron chi connectivity index (χ2n) is 4.64. The monoisotopic (exact) mass is 350 g/mol. The van der Waals surface area contributed by atoms with Gasteiger partial charge in [0.05, 0.1) is 24.8 Å². The fourth-order valence-corrected chi connectivity index (χ4v) is 2.19. The van der Waals surface area contributed by atoms with Crippen LogP contribution < -0.4 is 10.6 Å². The predicted octanol–water partition coefficient (Wildman–Crippen LogP) is 2.05. The fourth-order valence-electron chi connectivity index (χ4n) is 1.78. The standard InChI is InChI=1S/C14H24Cl2N4O2/c1-17-14(18-5-4-6-22-8-7-21-3)19-10-11-9-12(15)13(16)20(11)2/h9H,4-8,10H2,1-3H3,(H2,17,18,19). The third kappa shape index (κ3) is 6.44. The van der Waals surface area contributed by atoms with Crippen molar-refractivity contribution in [2.45, 2.75) is 13.0 Å². The Bertz CT molecular complexity index is 478. The molecular weight excluding hydrogens is 327 g/mol. The lowest BCUT2D eigenvalue weighted by atomic mass is 10.4. The molecule has 1 aromatic heterocycles. The van der Waals surface area contributed by atoms with Crippen molar-refractivity contribution in [3.05, 3.63) is 21.9 Å². The molecule has 0 spiro atoms. The zero-order valence-electron chi connectivity index (χ0n) is 13.3. The van der Waals surface area contributed by atoms with Crippen molar-refractivity contribution in [3.8, 4) is 0 Å². The highest BCUT2D eigenvalue weighted by atomic mass is 35.5. The van der Waals surface area contributed by atoms with Crippen molar-refractivity contribution in [1.29, 1.82) is 0 Å². The number of aromatic nitrogens is 1. The second-order valence-corrected chi connectivity index (χ2v) is 5.41. The molecule has 8 heteroatoms. The molecule has 6 nitrogen and oxygen atoms in total. The van der Waals surface area contributed by atoms with Gasteiger partial charge in [-0.15, -0.1) is 0 Å². The van der Waals surface area contributed by atoms with Crippen LogP contribution in [0.3, 0.4) is 0 Å². The smallest absolute Gasteiger partial charge is 0.191 e. The number of nitrogens with one attached hydrogen (secondary N) is 2. The van der Waals surface area contributed by atoms with Gasteiger partial charge >= 0.3 is 0 Å². The Hall–Kier alpha value is -0.950. The number of aliphatic imine (C=N–C) groups is 1. The summed E-state index contributed by atoms with van der Waals surface area (Å²) in [5.41, 5.74) is 0.987. The van der Waals surface area contributed by atoms with E-state index in [1.54, 1.807) is 14.2 Å². The third-order valence-corrected chi connectivity index (χ3v) is 3.91. The van der Waals surface area contributed by atoms with Gasteiger partial charge < -0.3 is 24.7 Å². The predicted molar refractivity (Wildman–Crippen MR) is 90.9 cm³/mol. The van der Waals surface area contributed by atoms with Crippen molar-refractivity contribution in [2.75, 3.05) is 40.5 Å². The maximum atomic E-state index is 6.04. The summed E-state index contributed by atoms with van der Waals surface area (Å²) >= 11 is 12.0. The van der Waals surface area contributed by atoms with Gasteiger partial charge in [-0.2, -0.15) is 0 Å². The van der Waals surface area contributed by atoms with E-state index >= 15 is 0 Å². The molecule has 1 heterocycles. The van der Waals surface area contributed by atoms with Crippen molar-refractivity contribution in [1.82, 2.24) is 15.2 Å². The zero-order chi connectivity index (χ0) is 16.4. The molecule has 0 bridgehead atoms. The first-order valence-electron chi connectivity index (χ1n) is 7.11. The number of rotatable bonds is 9. The van der Waals surface area contributed by atoms with Gasteiger partial charge in [-0.25, -0.2) is 0 Å². The highest BCUT2D eigenvalue weighted by Crippen LogP contribution is 2.24. The van der Waals surface area contributed by atoms with Crippen LogP contribution in [0.5, 0.6) is 0 Å². The van der Waals surface area contributed by atoms with E-state index in [1.165, 1.54) is 0 Å². The van der Waals surface area contributed by atoms with Gasteiger partial charge in [0, 0.05) is 40.1 Å². The summed E-state index contributed by atoms with van der Waals surface area (Å²) in [5, 5.41) is 7.53. The molecule has 0 radical (unpaired) electrons. The summed E-state index contributed by atoms with van der Waals surface area (Å²) in [4.78, 5) is 4.17. The van der Waals surface area contributed by atoms with Gasteiger partial charge in [0.1, 0.15) is 5.15 Å². The first-order valence-corrected chi connectivity index (χ1v) is 7.86. The Morgan fingerprint density at radius 1 is 1.27 bits per heavy atom. The lowest BCUT2D eigenvalue weighted by molar-refractivity contribution is 0.0698. The SMILES string of the molecule is CN=C(NCCCOCCOC)NCc1cc(Cl)c(Cl)n1C. The van der Waals surface area contributed by atoms with Crippen molar-refractivity contribution < 1.29 is 9.47 Å². The largest absolute Gasteiger partial charge is 0.382 e. The van der Waals surface area contributed by atoms with E-state index in [-0.39, 0.29) is 0 Å². The highest BCUT2D eigenvalue weighted by molar-refractivity contribution is 6.41. The molecule has 0 amide bonds. The fraction of sp³-hybridized carbons (Fsp3) is 0.643. The summed E-state index contributed by atoms with van der Waals surface area (Å²) < 4.78 is 12.1. The van der Waals surface area contributed by atoms with Gasteiger partial charge in [0.2, 0.25) is 0 Å². The quantitative estimate of drug-likeness (QED) is 0.406. The van der Waals surface area contributed by atoms with Crippen LogP contribution in [0, 0.1) is 0 Å². The molecule has 0 unspecified atom stereocenters. The van der Waals surface area contributed by atoms with Crippen LogP contribution in [0.1, 0.15) is 12.1 Å². The molecule has 0 aliphatic rings. The van der Waals surface area contributed by atoms with E-state index in [4.69, 9.17) is 32.7 Å². The van der Waals surface area contributed by atoms with E-state index in [0.717, 1.165) is 24.6 Å². The molecular formula is C14H24Cl2N4O2. The number of hydrogen-bond donors (Lipinski definition) is 2. The van der Waals surface area contributed by atoms with Crippen LogP contribution >= 0.6 is 23.2 Å². The second kappa shape index (κ2) is 10.7. The van der Waals surface area contributed by atoms with Crippen molar-refractivity contribution >= 4 is 29.2 Å². The van der Waals surface area contributed by atoms with Crippen molar-refractivity contribution in [2.24, 2.45) is 12.0 Å². The lowest BCUT2D eigenvalue weighted by Gasteiger charge is -2.12. The van der Waals surface area contributed by atoms with Crippen LogP contribution in [0.4, 0.5) is 0 Å². The van der Waals surface area contributed by atoms with Crippen LogP contribution in [0.15, 0.2) is 11.1 Å². The molecule has 22 heavy (non-hydrogen) atoms. The molecule has 0 aromatic carbocycles. The number of nitrogens with zero attached hydrogens (tertiary/aromatic N) is 2. The molecule has 0 aliphatic heterocycles. The first-order chi connectivity index (χ1) is 10.6. The maximum Gasteiger partial charge on any atom is 0.191 e. The van der Waals surface area contributed by atoms with Crippen LogP contribution in [0.25, 0.3) is 0 Å². The van der Waals surface area contributed by atoms with Gasteiger partial charge in [-0.3, -0.25) is 4.99 Å². The Kier molecular flexibility index (Phi) is 9.31. The molecule has 0 aliphatic carbocycles. The Balaban J connectivity index is 2.24. The normalized spacial score (nSPS) is 11.8. The molecule has 0 saturated carbocycles. The minimum absolute atomic E-state index is 0.537. The van der Waals surface area contributed by atoms with E-state index in [1.807, 2.05) is 17.7 Å². The van der Waals surface area contributed by atoms with Crippen LogP contribution in [-0.4, -0.2) is 51.0 Å². The first kappa shape index (κ1) is 19.1. The van der Waals surface area contributed by atoms with Gasteiger partial charge in [0.15, 0.2) is 5.96 Å². The number of guanidine groups is 1. The molecule has 2 N–H and O–H groups in total. The third-order valence-electron chi connectivity index (χ3n) is 3.07. The van der Waals surface area contributed by atoms with Gasteiger partial charge in [-0.1, -0.05) is 23.2 Å². The molecule has 1 rings (SSSR count). The van der Waals surface area contributed by atoms with E-state index < -0.39 is 0 Å². The minimum Gasteiger partial charge on any atom is -0.382 e. The minimum atomic E-state index is 0.537. The number of methoxy groups -OCH3 is 1. The molecule has 0 atom stereocenters. The highest BCUT2D eigenvalue weighted by Gasteiger charge is 2.09. The Morgan fingerprint density at radius 3 is 2.64 bits per heavy atom. The summed E-state index contributed by atoms with van der Waals surface area (Å²) in [5.74, 6) is 0.727. The van der Waals surface area contributed by atoms with E-state index in [2.05, 4.69) is 15.6 Å². The van der Waals surface area contributed by atoms with E-state index in [0.29, 0.717) is 36.5 Å². The summed E-state index contributed by atoms with van der Waals surface area (Å²) in [6, 6.07) is 1.84. The summed E-state index contributed by atoms with van der Waals surface area (Å²) in [7, 11) is 5.27. The molecule has 126 valence electrons. The number of halogens is 2. The Morgan fingerprint density at radius 2 is 2.05 bits per heavy atom. The van der Waals surface area contributed by atoms with Crippen LogP contribution in [0.2, 0.25) is 10.2 Å². The van der Waals surface area contributed by atoms with Crippen molar-refractivity contribution in [3.63, 3.8) is 0 Å². The summed E-state index contributed by atoms with van der Waals surface area (Å²) in [6.07, 6.45) is 0.895. The maximum absolute atomic E-state index is 6.04. The topological polar surface area (TPSA) is 59.8 Å². The number of ether oxygens (including phenoxy) is 2. The molecule has 0 saturated heterocycles. The average molecular weight is 351 g/mol. The zero-order valence-corrected chi connectivity index (χ0v) is 14.8. The van der Waals surface area contributed by atoms with Gasteiger partial charge in [-0.05, 0) is 12.5 Å². The summed E-state index contributed by atoms with van der Waals surface area (Å²) in [6.45, 7) is 3.31. The molecule has 0 fully saturated rings. The Labute approximate surface area is 141 Å². The van der Waals surface area contributed by atoms with E-state index in [9.17, 15) is 0 Å². The lowest BCUT2D eigenvalue weighted by Crippen LogP contribution is -2.37. The average Bonchev–Trinajstić information content (AvgIpc) is 2.76. The van der Waals surface area contributed by atoms with Crippen LogP contribution in [-0.2, 0) is 23.1 Å².